The van der Waals surface area contributed by atoms with Crippen molar-refractivity contribution < 1.29 is 4.79 Å². The zero-order valence-corrected chi connectivity index (χ0v) is 14.7. The molecule has 3 aromatic rings. The van der Waals surface area contributed by atoms with Gasteiger partial charge in [0.05, 0.1) is 22.6 Å². The van der Waals surface area contributed by atoms with E-state index in [1.807, 2.05) is 74.7 Å². The summed E-state index contributed by atoms with van der Waals surface area (Å²) in [5.74, 6) is -0.135. The number of hydrogen-bond donors (Lipinski definition) is 1. The van der Waals surface area contributed by atoms with Gasteiger partial charge in [0.2, 0.25) is 0 Å². The number of thioether (sulfide) groups is 1. The van der Waals surface area contributed by atoms with Crippen LogP contribution < -0.4 is 5.32 Å². The molecule has 4 nitrogen and oxygen atoms in total. The van der Waals surface area contributed by atoms with Gasteiger partial charge in [0.15, 0.2) is 0 Å². The van der Waals surface area contributed by atoms with Gasteiger partial charge in [0.25, 0.3) is 5.91 Å². The van der Waals surface area contributed by atoms with E-state index >= 15 is 0 Å². The minimum atomic E-state index is -0.135. The second kappa shape index (κ2) is 6.93. The number of aromatic nitrogens is 2. The number of anilines is 1. The minimum Gasteiger partial charge on any atom is -0.322 e. The molecule has 0 saturated heterocycles. The van der Waals surface area contributed by atoms with E-state index in [1.54, 1.807) is 16.4 Å². The van der Waals surface area contributed by atoms with Crippen LogP contribution in [0.4, 0.5) is 5.69 Å². The molecule has 1 heterocycles. The van der Waals surface area contributed by atoms with Gasteiger partial charge in [-0.25, -0.2) is 4.68 Å². The van der Waals surface area contributed by atoms with Gasteiger partial charge in [-0.05, 0) is 56.5 Å². The quantitative estimate of drug-likeness (QED) is 0.715. The van der Waals surface area contributed by atoms with Gasteiger partial charge in [-0.3, -0.25) is 4.79 Å². The number of rotatable bonds is 4. The van der Waals surface area contributed by atoms with Crippen LogP contribution in [0.3, 0.4) is 0 Å². The first-order valence-electron chi connectivity index (χ1n) is 7.67. The summed E-state index contributed by atoms with van der Waals surface area (Å²) in [6, 6.07) is 17.6. The molecular weight excluding hydrogens is 318 g/mol. The standard InChI is InChI=1S/C19H19N3OS/c1-13-18(14(2)22(21-13)16-7-5-4-6-8-16)19(23)20-15-9-11-17(24-3)12-10-15/h4-12H,1-3H3,(H,20,23). The topological polar surface area (TPSA) is 46.9 Å². The third-order valence-corrected chi connectivity index (χ3v) is 4.61. The molecule has 122 valence electrons. The van der Waals surface area contributed by atoms with E-state index in [9.17, 15) is 4.79 Å². The molecule has 1 N–H and O–H groups in total. The number of benzene rings is 2. The fourth-order valence-corrected chi connectivity index (χ4v) is 3.07. The first-order valence-corrected chi connectivity index (χ1v) is 8.89. The number of nitrogens with zero attached hydrogens (tertiary/aromatic N) is 2. The monoisotopic (exact) mass is 337 g/mol. The molecule has 5 heteroatoms. The first kappa shape index (κ1) is 16.3. The Kier molecular flexibility index (Phi) is 4.71. The zero-order valence-electron chi connectivity index (χ0n) is 13.9. The van der Waals surface area contributed by atoms with Gasteiger partial charge in [-0.2, -0.15) is 5.10 Å². The van der Waals surface area contributed by atoms with Crippen molar-refractivity contribution in [3.63, 3.8) is 0 Å². The van der Waals surface area contributed by atoms with Crippen LogP contribution in [0.1, 0.15) is 21.7 Å². The molecule has 0 fully saturated rings. The summed E-state index contributed by atoms with van der Waals surface area (Å²) in [6.07, 6.45) is 2.03. The molecular formula is C19H19N3OS. The van der Waals surface area contributed by atoms with E-state index < -0.39 is 0 Å². The maximum Gasteiger partial charge on any atom is 0.259 e. The van der Waals surface area contributed by atoms with Gasteiger partial charge < -0.3 is 5.32 Å². The zero-order chi connectivity index (χ0) is 17.1. The van der Waals surface area contributed by atoms with Crippen LogP contribution >= 0.6 is 11.8 Å². The Labute approximate surface area is 145 Å². The highest BCUT2D eigenvalue weighted by Crippen LogP contribution is 2.21. The number of amides is 1. The van der Waals surface area contributed by atoms with E-state index in [0.717, 1.165) is 27.7 Å². The molecule has 0 saturated carbocycles. The summed E-state index contributed by atoms with van der Waals surface area (Å²) in [5.41, 5.74) is 3.89. The summed E-state index contributed by atoms with van der Waals surface area (Å²) in [7, 11) is 0. The van der Waals surface area contributed by atoms with Gasteiger partial charge in [0.1, 0.15) is 0 Å². The lowest BCUT2D eigenvalue weighted by atomic mass is 10.1. The van der Waals surface area contributed by atoms with Gasteiger partial charge in [-0.15, -0.1) is 11.8 Å². The molecule has 0 bridgehead atoms. The average Bonchev–Trinajstić information content (AvgIpc) is 2.91. The van der Waals surface area contributed by atoms with Gasteiger partial charge >= 0.3 is 0 Å². The largest absolute Gasteiger partial charge is 0.322 e. The molecule has 0 aliphatic rings. The Morgan fingerprint density at radius 1 is 1.04 bits per heavy atom. The van der Waals surface area contributed by atoms with Crippen molar-refractivity contribution in [1.82, 2.24) is 9.78 Å². The minimum absolute atomic E-state index is 0.135. The number of nitrogens with one attached hydrogen (secondary N) is 1. The summed E-state index contributed by atoms with van der Waals surface area (Å²) < 4.78 is 1.81. The van der Waals surface area contributed by atoms with Crippen molar-refractivity contribution in [2.75, 3.05) is 11.6 Å². The van der Waals surface area contributed by atoms with Crippen molar-refractivity contribution in [2.24, 2.45) is 0 Å². The molecule has 0 atom stereocenters. The first-order chi connectivity index (χ1) is 11.6. The van der Waals surface area contributed by atoms with Crippen molar-refractivity contribution in [3.05, 3.63) is 71.5 Å². The van der Waals surface area contributed by atoms with Crippen LogP contribution in [0.5, 0.6) is 0 Å². The highest BCUT2D eigenvalue weighted by atomic mass is 32.2. The summed E-state index contributed by atoms with van der Waals surface area (Å²) in [4.78, 5) is 13.8. The third-order valence-electron chi connectivity index (χ3n) is 3.87. The Hall–Kier alpha value is -2.53. The number of para-hydroxylation sites is 1. The predicted molar refractivity (Wildman–Crippen MR) is 99.2 cm³/mol. The van der Waals surface area contributed by atoms with Crippen LogP contribution in [0.2, 0.25) is 0 Å². The predicted octanol–water partition coefficient (Wildman–Crippen LogP) is 4.46. The Morgan fingerprint density at radius 3 is 2.33 bits per heavy atom. The molecule has 3 rings (SSSR count). The molecule has 0 aliphatic carbocycles. The normalized spacial score (nSPS) is 10.6. The molecule has 0 radical (unpaired) electrons. The van der Waals surface area contributed by atoms with Crippen molar-refractivity contribution in [1.29, 1.82) is 0 Å². The molecule has 24 heavy (non-hydrogen) atoms. The molecule has 1 aromatic heterocycles. The van der Waals surface area contributed by atoms with Crippen LogP contribution in [0.15, 0.2) is 59.5 Å². The summed E-state index contributed by atoms with van der Waals surface area (Å²) in [6.45, 7) is 3.77. The van der Waals surface area contributed by atoms with E-state index in [0.29, 0.717) is 5.56 Å². The summed E-state index contributed by atoms with van der Waals surface area (Å²) >= 11 is 1.67. The van der Waals surface area contributed by atoms with Crippen LogP contribution in [-0.4, -0.2) is 21.9 Å². The highest BCUT2D eigenvalue weighted by molar-refractivity contribution is 7.98. The fraction of sp³-hybridized carbons (Fsp3) is 0.158. The van der Waals surface area contributed by atoms with Crippen LogP contribution in [0.25, 0.3) is 5.69 Å². The van der Waals surface area contributed by atoms with Crippen molar-refractivity contribution in [2.45, 2.75) is 18.7 Å². The van der Waals surface area contributed by atoms with E-state index in [1.165, 1.54) is 0 Å². The lowest BCUT2D eigenvalue weighted by Crippen LogP contribution is -2.14. The molecule has 0 spiro atoms. The Balaban J connectivity index is 1.88. The highest BCUT2D eigenvalue weighted by Gasteiger charge is 2.19. The second-order valence-corrected chi connectivity index (χ2v) is 6.36. The molecule has 2 aromatic carbocycles. The molecule has 0 unspecified atom stereocenters. The van der Waals surface area contributed by atoms with Crippen LogP contribution in [-0.2, 0) is 0 Å². The lowest BCUT2D eigenvalue weighted by Gasteiger charge is -2.07. The average molecular weight is 337 g/mol. The number of carbonyl (C=O) groups is 1. The summed E-state index contributed by atoms with van der Waals surface area (Å²) in [5, 5.41) is 7.48. The van der Waals surface area contributed by atoms with E-state index in [2.05, 4.69) is 10.4 Å². The molecule has 0 aliphatic heterocycles. The number of carbonyl (C=O) groups excluding carboxylic acids is 1. The fourth-order valence-electron chi connectivity index (χ4n) is 2.66. The molecule has 1 amide bonds. The number of hydrogen-bond acceptors (Lipinski definition) is 3. The maximum absolute atomic E-state index is 12.7. The number of aryl methyl sites for hydroxylation is 1. The van der Waals surface area contributed by atoms with E-state index in [4.69, 9.17) is 0 Å². The van der Waals surface area contributed by atoms with Gasteiger partial charge in [-0.1, -0.05) is 18.2 Å². The SMILES string of the molecule is CSc1ccc(NC(=O)c2c(C)nn(-c3ccccc3)c2C)cc1. The lowest BCUT2D eigenvalue weighted by molar-refractivity contribution is 0.102. The second-order valence-electron chi connectivity index (χ2n) is 5.48. The van der Waals surface area contributed by atoms with Crippen molar-refractivity contribution in [3.8, 4) is 5.69 Å². The Morgan fingerprint density at radius 2 is 1.71 bits per heavy atom. The smallest absolute Gasteiger partial charge is 0.259 e. The van der Waals surface area contributed by atoms with Crippen LogP contribution in [0, 0.1) is 13.8 Å². The maximum atomic E-state index is 12.7. The van der Waals surface area contributed by atoms with Gasteiger partial charge in [0, 0.05) is 10.6 Å². The third kappa shape index (κ3) is 3.21. The van der Waals surface area contributed by atoms with E-state index in [-0.39, 0.29) is 5.91 Å². The Bertz CT molecular complexity index is 854. The van der Waals surface area contributed by atoms with Crippen molar-refractivity contribution >= 4 is 23.4 Å².